The zero-order valence-corrected chi connectivity index (χ0v) is 18.3. The Kier molecular flexibility index (Phi) is 7.76. The minimum Gasteiger partial charge on any atom is -0.475 e. The molecule has 33 heavy (non-hydrogen) atoms. The summed E-state index contributed by atoms with van der Waals surface area (Å²) in [5.74, 6) is -2.06. The maximum Gasteiger partial charge on any atom is 0.490 e. The van der Waals surface area contributed by atoms with Crippen LogP contribution < -0.4 is 0 Å². The van der Waals surface area contributed by atoms with E-state index in [1.54, 1.807) is 12.4 Å². The first-order valence-electron chi connectivity index (χ1n) is 11.0. The van der Waals surface area contributed by atoms with Gasteiger partial charge in [0, 0.05) is 44.5 Å². The number of aromatic nitrogens is 1. The van der Waals surface area contributed by atoms with Crippen LogP contribution in [0.2, 0.25) is 0 Å². The van der Waals surface area contributed by atoms with Crippen molar-refractivity contribution in [3.05, 3.63) is 42.2 Å². The molecular weight excluding hydrogens is 439 g/mol. The van der Waals surface area contributed by atoms with Crippen LogP contribution in [0.5, 0.6) is 0 Å². The topological polar surface area (TPSA) is 90.8 Å². The van der Waals surface area contributed by atoms with Crippen LogP contribution in [-0.2, 0) is 20.9 Å². The molecule has 0 atom stereocenters. The molecule has 1 aliphatic carbocycles. The number of allylic oxidation sites excluding steroid dienone is 2. The zero-order chi connectivity index (χ0) is 24.1. The van der Waals surface area contributed by atoms with Gasteiger partial charge in [0.05, 0.1) is 5.41 Å². The second-order valence-electron chi connectivity index (χ2n) is 8.73. The van der Waals surface area contributed by atoms with Crippen molar-refractivity contribution in [3.63, 3.8) is 0 Å². The summed E-state index contributed by atoms with van der Waals surface area (Å²) >= 11 is 0. The first-order valence-corrected chi connectivity index (χ1v) is 11.0. The van der Waals surface area contributed by atoms with E-state index < -0.39 is 12.1 Å². The van der Waals surface area contributed by atoms with E-state index in [2.05, 4.69) is 17.1 Å². The minimum atomic E-state index is -5.08. The highest BCUT2D eigenvalue weighted by Crippen LogP contribution is 2.41. The standard InChI is InChI=1S/C21H27N3O2.C2HF3O2/c25-19(18-4-1-2-5-18)23-14-9-21(10-15-23)8-3-13-24(20(21)26)16-17-6-11-22-12-7-17;3-2(4,5)1(6)7/h1-2,6-7,11-12,18H,3-5,8-10,13-16H2;(H,6,7). The van der Waals surface area contributed by atoms with Crippen LogP contribution >= 0.6 is 0 Å². The Morgan fingerprint density at radius 1 is 1.06 bits per heavy atom. The average Bonchev–Trinajstić information content (AvgIpc) is 3.33. The van der Waals surface area contributed by atoms with Gasteiger partial charge in [0.2, 0.25) is 11.8 Å². The fourth-order valence-corrected chi connectivity index (χ4v) is 4.71. The van der Waals surface area contributed by atoms with Crippen molar-refractivity contribution in [2.45, 2.75) is 51.2 Å². The van der Waals surface area contributed by atoms with E-state index in [0.717, 1.165) is 63.7 Å². The summed E-state index contributed by atoms with van der Waals surface area (Å²) in [6.45, 7) is 2.95. The van der Waals surface area contributed by atoms with Crippen LogP contribution in [0.25, 0.3) is 0 Å². The van der Waals surface area contributed by atoms with Crippen LogP contribution in [-0.4, -0.2) is 63.5 Å². The molecule has 3 heterocycles. The first-order chi connectivity index (χ1) is 15.6. The maximum atomic E-state index is 13.2. The predicted molar refractivity (Wildman–Crippen MR) is 113 cm³/mol. The molecular formula is C23H28F3N3O4. The van der Waals surface area contributed by atoms with Gasteiger partial charge >= 0.3 is 12.1 Å². The number of carbonyl (C=O) groups is 3. The summed E-state index contributed by atoms with van der Waals surface area (Å²) in [6.07, 6.45) is 8.07. The van der Waals surface area contributed by atoms with Crippen molar-refractivity contribution in [3.8, 4) is 0 Å². The lowest BCUT2D eigenvalue weighted by Gasteiger charge is -2.46. The number of piperidine rings is 2. The van der Waals surface area contributed by atoms with Gasteiger partial charge in [0.25, 0.3) is 0 Å². The number of likely N-dealkylation sites (tertiary alicyclic amines) is 2. The molecule has 1 N–H and O–H groups in total. The molecule has 180 valence electrons. The second-order valence-corrected chi connectivity index (χ2v) is 8.73. The summed E-state index contributed by atoms with van der Waals surface area (Å²) in [7, 11) is 0. The van der Waals surface area contributed by atoms with Gasteiger partial charge in [0.15, 0.2) is 0 Å². The monoisotopic (exact) mass is 467 g/mol. The van der Waals surface area contributed by atoms with Crippen LogP contribution in [0, 0.1) is 11.3 Å². The number of aliphatic carboxylic acids is 1. The number of pyridine rings is 1. The van der Waals surface area contributed by atoms with E-state index in [0.29, 0.717) is 6.54 Å². The van der Waals surface area contributed by atoms with E-state index in [-0.39, 0.29) is 23.1 Å². The summed E-state index contributed by atoms with van der Waals surface area (Å²) in [4.78, 5) is 42.8. The normalized spacial score (nSPS) is 20.5. The van der Waals surface area contributed by atoms with Crippen molar-refractivity contribution in [2.75, 3.05) is 19.6 Å². The third-order valence-electron chi connectivity index (χ3n) is 6.58. The zero-order valence-electron chi connectivity index (χ0n) is 18.3. The number of hydrogen-bond acceptors (Lipinski definition) is 4. The third-order valence-corrected chi connectivity index (χ3v) is 6.58. The number of carbonyl (C=O) groups excluding carboxylic acids is 2. The number of nitrogens with zero attached hydrogens (tertiary/aromatic N) is 3. The van der Waals surface area contributed by atoms with Gasteiger partial charge in [-0.2, -0.15) is 13.2 Å². The minimum absolute atomic E-state index is 0.134. The Morgan fingerprint density at radius 2 is 1.64 bits per heavy atom. The lowest BCUT2D eigenvalue weighted by Crippen LogP contribution is -2.54. The number of alkyl halides is 3. The fourth-order valence-electron chi connectivity index (χ4n) is 4.71. The summed E-state index contributed by atoms with van der Waals surface area (Å²) in [5, 5.41) is 7.12. The number of rotatable bonds is 3. The number of halogens is 3. The van der Waals surface area contributed by atoms with Crippen molar-refractivity contribution < 1.29 is 32.7 Å². The maximum absolute atomic E-state index is 13.2. The van der Waals surface area contributed by atoms with Crippen LogP contribution in [0.15, 0.2) is 36.7 Å². The highest BCUT2D eigenvalue weighted by molar-refractivity contribution is 5.84. The van der Waals surface area contributed by atoms with Crippen molar-refractivity contribution in [1.82, 2.24) is 14.8 Å². The Labute approximate surface area is 190 Å². The van der Waals surface area contributed by atoms with Gasteiger partial charge in [-0.15, -0.1) is 0 Å². The Balaban J connectivity index is 0.000000383. The van der Waals surface area contributed by atoms with Gasteiger partial charge in [0.1, 0.15) is 0 Å². The Bertz CT molecular complexity index is 873. The molecule has 1 aromatic heterocycles. The summed E-state index contributed by atoms with van der Waals surface area (Å²) in [6, 6.07) is 3.96. The summed E-state index contributed by atoms with van der Waals surface area (Å²) in [5.41, 5.74) is 0.877. The van der Waals surface area contributed by atoms with Gasteiger partial charge in [-0.3, -0.25) is 14.6 Å². The third kappa shape index (κ3) is 6.11. The lowest BCUT2D eigenvalue weighted by molar-refractivity contribution is -0.192. The molecule has 2 amide bonds. The number of carboxylic acid groups (broad SMARTS) is 1. The molecule has 0 aromatic carbocycles. The molecule has 7 nitrogen and oxygen atoms in total. The summed E-state index contributed by atoms with van der Waals surface area (Å²) < 4.78 is 31.7. The molecule has 3 aliphatic rings. The van der Waals surface area contributed by atoms with Crippen LogP contribution in [0.4, 0.5) is 13.2 Å². The van der Waals surface area contributed by atoms with E-state index in [1.165, 1.54) is 0 Å². The Hall–Kier alpha value is -2.91. The van der Waals surface area contributed by atoms with Crippen molar-refractivity contribution >= 4 is 17.8 Å². The van der Waals surface area contributed by atoms with E-state index in [1.807, 2.05) is 21.9 Å². The average molecular weight is 467 g/mol. The molecule has 2 saturated heterocycles. The van der Waals surface area contributed by atoms with E-state index >= 15 is 0 Å². The van der Waals surface area contributed by atoms with Crippen molar-refractivity contribution in [2.24, 2.45) is 11.3 Å². The molecule has 0 saturated carbocycles. The van der Waals surface area contributed by atoms with Crippen LogP contribution in [0.3, 0.4) is 0 Å². The Morgan fingerprint density at radius 3 is 2.18 bits per heavy atom. The first kappa shape index (κ1) is 24.7. The molecule has 1 aromatic rings. The number of hydrogen-bond donors (Lipinski definition) is 1. The van der Waals surface area contributed by atoms with Crippen molar-refractivity contribution in [1.29, 1.82) is 0 Å². The highest BCUT2D eigenvalue weighted by Gasteiger charge is 2.46. The number of carboxylic acids is 1. The van der Waals surface area contributed by atoms with Gasteiger partial charge in [-0.25, -0.2) is 4.79 Å². The smallest absolute Gasteiger partial charge is 0.475 e. The van der Waals surface area contributed by atoms with Gasteiger partial charge in [-0.1, -0.05) is 12.2 Å². The number of amides is 2. The quantitative estimate of drug-likeness (QED) is 0.688. The lowest BCUT2D eigenvalue weighted by atomic mass is 9.71. The molecule has 10 heteroatoms. The van der Waals surface area contributed by atoms with E-state index in [4.69, 9.17) is 9.90 Å². The SMILES string of the molecule is O=C(C1CC=CC1)N1CCC2(CCCN(Cc3ccncc3)C2=O)CC1.O=C(O)C(F)(F)F. The van der Waals surface area contributed by atoms with Gasteiger partial charge in [-0.05, 0) is 56.2 Å². The highest BCUT2D eigenvalue weighted by atomic mass is 19.4. The fraction of sp³-hybridized carbons (Fsp3) is 0.565. The van der Waals surface area contributed by atoms with Crippen LogP contribution in [0.1, 0.15) is 44.1 Å². The molecule has 0 radical (unpaired) electrons. The molecule has 2 fully saturated rings. The molecule has 2 aliphatic heterocycles. The van der Waals surface area contributed by atoms with E-state index in [9.17, 15) is 22.8 Å². The van der Waals surface area contributed by atoms with Gasteiger partial charge < -0.3 is 14.9 Å². The molecule has 0 bridgehead atoms. The largest absolute Gasteiger partial charge is 0.490 e. The molecule has 1 spiro atoms. The molecule has 4 rings (SSSR count). The predicted octanol–water partition coefficient (Wildman–Crippen LogP) is 3.41. The molecule has 0 unspecified atom stereocenters. The second kappa shape index (κ2) is 10.4.